The largest absolute Gasteiger partial charge is 0.399 e. The van der Waals surface area contributed by atoms with Gasteiger partial charge in [0.25, 0.3) is 0 Å². The first-order valence-corrected chi connectivity index (χ1v) is 7.56. The molecule has 1 aliphatic rings. The summed E-state index contributed by atoms with van der Waals surface area (Å²) in [5.74, 6) is 0. The van der Waals surface area contributed by atoms with Crippen LogP contribution in [0.1, 0.15) is 26.2 Å². The molecule has 2 rings (SSSR count). The van der Waals surface area contributed by atoms with Crippen LogP contribution in [0, 0.1) is 0 Å². The van der Waals surface area contributed by atoms with Gasteiger partial charge in [-0.3, -0.25) is 4.90 Å². The summed E-state index contributed by atoms with van der Waals surface area (Å²) in [6.07, 6.45) is 3.95. The van der Waals surface area contributed by atoms with Crippen molar-refractivity contribution in [1.29, 1.82) is 0 Å². The average molecular weight is 302 g/mol. The van der Waals surface area contributed by atoms with Gasteiger partial charge in [0.05, 0.1) is 15.7 Å². The van der Waals surface area contributed by atoms with E-state index in [2.05, 4.69) is 17.1 Å². The summed E-state index contributed by atoms with van der Waals surface area (Å²) in [6.45, 7) is 5.44. The number of nitrogens with one attached hydrogen (secondary N) is 1. The smallest absolute Gasteiger partial charge is 0.0721 e. The molecule has 5 heteroatoms. The Morgan fingerprint density at radius 3 is 2.37 bits per heavy atom. The number of anilines is 2. The summed E-state index contributed by atoms with van der Waals surface area (Å²) in [5, 5.41) is 4.50. The maximum Gasteiger partial charge on any atom is 0.0721 e. The lowest BCUT2D eigenvalue weighted by atomic mass is 10.1. The quantitative estimate of drug-likeness (QED) is 0.830. The van der Waals surface area contributed by atoms with Crippen LogP contribution in [-0.4, -0.2) is 30.6 Å². The fraction of sp³-hybridized carbons (Fsp3) is 0.571. The van der Waals surface area contributed by atoms with Crippen LogP contribution in [0.2, 0.25) is 10.0 Å². The van der Waals surface area contributed by atoms with Crippen molar-refractivity contribution >= 4 is 34.6 Å². The summed E-state index contributed by atoms with van der Waals surface area (Å²) < 4.78 is 0. The van der Waals surface area contributed by atoms with Gasteiger partial charge in [0.15, 0.2) is 0 Å². The number of hydrogen-bond acceptors (Lipinski definition) is 3. The van der Waals surface area contributed by atoms with Crippen molar-refractivity contribution in [2.24, 2.45) is 0 Å². The SMILES string of the molecule is CC(CNc1c(Cl)cc(N)cc1Cl)N1CCCCC1. The zero-order chi connectivity index (χ0) is 13.8. The summed E-state index contributed by atoms with van der Waals surface area (Å²) in [5.41, 5.74) is 7.06. The van der Waals surface area contributed by atoms with E-state index in [1.165, 1.54) is 32.4 Å². The number of nitrogen functional groups attached to an aromatic ring is 1. The van der Waals surface area contributed by atoms with E-state index in [0.717, 1.165) is 12.2 Å². The Morgan fingerprint density at radius 1 is 1.21 bits per heavy atom. The standard InChI is InChI=1S/C14H21Cl2N3/c1-10(19-5-3-2-4-6-19)9-18-14-12(15)7-11(17)8-13(14)16/h7-8,10,18H,2-6,9,17H2,1H3. The second-order valence-corrected chi connectivity index (χ2v) is 6.00. The van der Waals surface area contributed by atoms with Gasteiger partial charge in [-0.25, -0.2) is 0 Å². The normalized spacial score (nSPS) is 18.3. The Morgan fingerprint density at radius 2 is 1.79 bits per heavy atom. The van der Waals surface area contributed by atoms with Crippen LogP contribution in [0.3, 0.4) is 0 Å². The predicted molar refractivity (Wildman–Crippen MR) is 84.3 cm³/mol. The highest BCUT2D eigenvalue weighted by molar-refractivity contribution is 6.39. The van der Waals surface area contributed by atoms with Crippen LogP contribution in [0.5, 0.6) is 0 Å². The number of benzene rings is 1. The van der Waals surface area contributed by atoms with E-state index in [4.69, 9.17) is 28.9 Å². The monoisotopic (exact) mass is 301 g/mol. The van der Waals surface area contributed by atoms with Crippen LogP contribution in [0.4, 0.5) is 11.4 Å². The first-order chi connectivity index (χ1) is 9.08. The van der Waals surface area contributed by atoms with Gasteiger partial charge >= 0.3 is 0 Å². The van der Waals surface area contributed by atoms with Gasteiger partial charge in [0, 0.05) is 18.3 Å². The molecule has 0 saturated carbocycles. The van der Waals surface area contributed by atoms with E-state index in [-0.39, 0.29) is 0 Å². The number of hydrogen-bond donors (Lipinski definition) is 2. The molecule has 0 spiro atoms. The molecule has 1 fully saturated rings. The highest BCUT2D eigenvalue weighted by Crippen LogP contribution is 2.32. The Hall–Kier alpha value is -0.640. The number of nitrogens with two attached hydrogens (primary N) is 1. The summed E-state index contributed by atoms with van der Waals surface area (Å²) in [7, 11) is 0. The fourth-order valence-corrected chi connectivity index (χ4v) is 3.14. The molecule has 0 radical (unpaired) electrons. The molecule has 1 unspecified atom stereocenters. The molecule has 3 nitrogen and oxygen atoms in total. The summed E-state index contributed by atoms with van der Waals surface area (Å²) in [4.78, 5) is 2.51. The number of likely N-dealkylation sites (tertiary alicyclic amines) is 1. The Kier molecular flexibility index (Phi) is 5.20. The van der Waals surface area contributed by atoms with Crippen LogP contribution >= 0.6 is 23.2 Å². The highest BCUT2D eigenvalue weighted by atomic mass is 35.5. The topological polar surface area (TPSA) is 41.3 Å². The number of nitrogens with zero attached hydrogens (tertiary/aromatic N) is 1. The van der Waals surface area contributed by atoms with Gasteiger partial charge in [-0.05, 0) is 45.0 Å². The van der Waals surface area contributed by atoms with Crippen LogP contribution in [0.15, 0.2) is 12.1 Å². The summed E-state index contributed by atoms with van der Waals surface area (Å²) >= 11 is 12.3. The molecule has 0 aromatic heterocycles. The van der Waals surface area contributed by atoms with Gasteiger partial charge in [-0.15, -0.1) is 0 Å². The van der Waals surface area contributed by atoms with E-state index in [1.807, 2.05) is 0 Å². The molecule has 0 aliphatic carbocycles. The lowest BCUT2D eigenvalue weighted by Gasteiger charge is -2.32. The van der Waals surface area contributed by atoms with E-state index in [1.54, 1.807) is 12.1 Å². The number of piperidine rings is 1. The second kappa shape index (κ2) is 6.69. The molecule has 106 valence electrons. The van der Waals surface area contributed by atoms with Gasteiger partial charge in [0.1, 0.15) is 0 Å². The van der Waals surface area contributed by atoms with Crippen LogP contribution in [-0.2, 0) is 0 Å². The van der Waals surface area contributed by atoms with Crippen LogP contribution < -0.4 is 11.1 Å². The van der Waals surface area contributed by atoms with Crippen molar-refractivity contribution in [2.75, 3.05) is 30.7 Å². The van der Waals surface area contributed by atoms with Gasteiger partial charge in [0.2, 0.25) is 0 Å². The Bertz CT molecular complexity index is 408. The molecule has 0 amide bonds. The molecule has 1 saturated heterocycles. The van der Waals surface area contributed by atoms with Crippen molar-refractivity contribution in [3.05, 3.63) is 22.2 Å². The molecule has 19 heavy (non-hydrogen) atoms. The highest BCUT2D eigenvalue weighted by Gasteiger charge is 2.17. The molecule has 1 aromatic rings. The van der Waals surface area contributed by atoms with E-state index < -0.39 is 0 Å². The van der Waals surface area contributed by atoms with E-state index in [9.17, 15) is 0 Å². The lowest BCUT2D eigenvalue weighted by molar-refractivity contribution is 0.180. The van der Waals surface area contributed by atoms with Crippen molar-refractivity contribution < 1.29 is 0 Å². The first kappa shape index (κ1) is 14.8. The molecule has 3 N–H and O–H groups in total. The van der Waals surface area contributed by atoms with Gasteiger partial charge < -0.3 is 11.1 Å². The zero-order valence-electron chi connectivity index (χ0n) is 11.3. The van der Waals surface area contributed by atoms with Crippen molar-refractivity contribution in [2.45, 2.75) is 32.2 Å². The maximum atomic E-state index is 6.16. The average Bonchev–Trinajstić information content (AvgIpc) is 2.38. The molecular formula is C14H21Cl2N3. The Balaban J connectivity index is 1.94. The molecule has 1 atom stereocenters. The minimum absolute atomic E-state index is 0.477. The van der Waals surface area contributed by atoms with Gasteiger partial charge in [-0.2, -0.15) is 0 Å². The first-order valence-electron chi connectivity index (χ1n) is 6.80. The Labute approximate surface area is 125 Å². The van der Waals surface area contributed by atoms with Crippen molar-refractivity contribution in [1.82, 2.24) is 4.90 Å². The van der Waals surface area contributed by atoms with Crippen molar-refractivity contribution in [3.8, 4) is 0 Å². The van der Waals surface area contributed by atoms with E-state index >= 15 is 0 Å². The summed E-state index contributed by atoms with van der Waals surface area (Å²) in [6, 6.07) is 3.92. The third-order valence-corrected chi connectivity index (χ3v) is 4.25. The molecule has 1 heterocycles. The molecular weight excluding hydrogens is 281 g/mol. The molecule has 1 aromatic carbocycles. The third-order valence-electron chi connectivity index (χ3n) is 3.65. The minimum atomic E-state index is 0.477. The second-order valence-electron chi connectivity index (χ2n) is 5.19. The number of rotatable bonds is 4. The molecule has 1 aliphatic heterocycles. The predicted octanol–water partition coefficient (Wildman–Crippen LogP) is 3.86. The maximum absolute atomic E-state index is 6.16. The third kappa shape index (κ3) is 3.91. The number of halogens is 2. The molecule has 0 bridgehead atoms. The zero-order valence-corrected chi connectivity index (χ0v) is 12.8. The fourth-order valence-electron chi connectivity index (χ4n) is 2.50. The van der Waals surface area contributed by atoms with E-state index in [0.29, 0.717) is 21.8 Å². The van der Waals surface area contributed by atoms with Gasteiger partial charge in [-0.1, -0.05) is 29.6 Å². The van der Waals surface area contributed by atoms with Crippen LogP contribution in [0.25, 0.3) is 0 Å². The van der Waals surface area contributed by atoms with Crippen molar-refractivity contribution in [3.63, 3.8) is 0 Å². The lowest BCUT2D eigenvalue weighted by Crippen LogP contribution is -2.41. The minimum Gasteiger partial charge on any atom is -0.399 e.